The zero-order chi connectivity index (χ0) is 34.5. The van der Waals surface area contributed by atoms with Gasteiger partial charge in [-0.05, 0) is 88.5 Å². The summed E-state index contributed by atoms with van der Waals surface area (Å²) in [4.78, 5) is 0. The maximum Gasteiger partial charge on any atom is 0.135 e. The lowest BCUT2D eigenvalue weighted by Crippen LogP contribution is -2.22. The van der Waals surface area contributed by atoms with Gasteiger partial charge in [0.2, 0.25) is 0 Å². The predicted octanol–water partition coefficient (Wildman–Crippen LogP) is 11.7. The lowest BCUT2D eigenvalue weighted by Gasteiger charge is -2.29. The summed E-state index contributed by atoms with van der Waals surface area (Å²) >= 11 is 3.99. The van der Waals surface area contributed by atoms with Crippen LogP contribution in [0.2, 0.25) is 0 Å². The lowest BCUT2D eigenvalue weighted by molar-refractivity contribution is 0.466. The highest BCUT2D eigenvalue weighted by Gasteiger charge is 2.27. The minimum atomic E-state index is -0.136. The van der Waals surface area contributed by atoms with Crippen molar-refractivity contribution in [1.29, 1.82) is 0 Å². The van der Waals surface area contributed by atoms with Gasteiger partial charge in [0, 0.05) is 44.0 Å². The van der Waals surface area contributed by atoms with E-state index >= 15 is 0 Å². The first kappa shape index (κ1) is 38.3. The minimum absolute atomic E-state index is 0.0381. The first-order chi connectivity index (χ1) is 21.1. The molecule has 1 aliphatic carbocycles. The Morgan fingerprint density at radius 1 is 0.565 bits per heavy atom. The summed E-state index contributed by atoms with van der Waals surface area (Å²) in [6.07, 6.45) is 7.40. The van der Waals surface area contributed by atoms with E-state index in [1.165, 1.54) is 49.7 Å². The topological polar surface area (TPSA) is 40.5 Å². The molecule has 0 aliphatic heterocycles. The minimum Gasteiger partial charge on any atom is -0.506 e. The third-order valence-corrected chi connectivity index (χ3v) is 11.4. The van der Waals surface area contributed by atoms with Gasteiger partial charge in [-0.1, -0.05) is 103 Å². The van der Waals surface area contributed by atoms with Gasteiger partial charge in [0.1, 0.15) is 11.5 Å². The first-order valence-corrected chi connectivity index (χ1v) is 19.3. The molecule has 0 aromatic heterocycles. The molecular weight excluding hydrogens is 601 g/mol. The summed E-state index contributed by atoms with van der Waals surface area (Å²) in [5, 5.41) is 23.8. The predicted molar refractivity (Wildman–Crippen MR) is 204 cm³/mol. The molecule has 46 heavy (non-hydrogen) atoms. The van der Waals surface area contributed by atoms with Gasteiger partial charge in [-0.15, -0.1) is 0 Å². The Balaban J connectivity index is 1.91. The fourth-order valence-electron chi connectivity index (χ4n) is 5.37. The van der Waals surface area contributed by atoms with Gasteiger partial charge < -0.3 is 10.2 Å². The molecular formula is C42H60O2S2. The molecule has 4 heteroatoms. The van der Waals surface area contributed by atoms with E-state index in [0.717, 1.165) is 33.8 Å². The van der Waals surface area contributed by atoms with Gasteiger partial charge >= 0.3 is 0 Å². The Labute approximate surface area is 290 Å². The zero-order valence-electron chi connectivity index (χ0n) is 30.8. The van der Waals surface area contributed by atoms with Crippen molar-refractivity contribution >= 4 is 23.5 Å². The Morgan fingerprint density at radius 3 is 1.22 bits per heavy atom. The molecule has 0 radical (unpaired) electrons. The van der Waals surface area contributed by atoms with Gasteiger partial charge in [-0.2, -0.15) is 23.5 Å². The summed E-state index contributed by atoms with van der Waals surface area (Å²) in [5.41, 5.74) is 5.52. The highest BCUT2D eigenvalue weighted by molar-refractivity contribution is 8.03. The van der Waals surface area contributed by atoms with Crippen LogP contribution in [0.15, 0.2) is 24.3 Å². The number of thioether (sulfide) groups is 2. The summed E-state index contributed by atoms with van der Waals surface area (Å²) in [5.74, 6) is 15.5. The van der Waals surface area contributed by atoms with Crippen molar-refractivity contribution in [2.24, 2.45) is 10.8 Å². The van der Waals surface area contributed by atoms with E-state index < -0.39 is 0 Å². The normalized spacial score (nSPS) is 18.1. The fraction of sp³-hybridized carbons (Fsp3) is 0.619. The molecule has 3 rings (SSSR count). The molecule has 0 heterocycles. The SMILES string of the molecule is CC(C)(C)C#Cc1cc(C(C)(C)C)cc(CSC2CCCCCC[C@@H]2SCc2cc(C(C)(C)C)cc(C#CC(C)(C)C)c2O)c1O. The first-order valence-electron chi connectivity index (χ1n) is 17.2. The van der Waals surface area contributed by atoms with Crippen molar-refractivity contribution in [3.8, 4) is 35.2 Å². The molecule has 0 amide bonds. The largest absolute Gasteiger partial charge is 0.506 e. The maximum atomic E-state index is 11.4. The Kier molecular flexibility index (Phi) is 12.8. The Bertz CT molecular complexity index is 1350. The van der Waals surface area contributed by atoms with E-state index in [1.807, 2.05) is 23.5 Å². The Hall–Kier alpha value is -2.14. The molecule has 2 N–H and O–H groups in total. The maximum absolute atomic E-state index is 11.4. The molecule has 0 saturated heterocycles. The monoisotopic (exact) mass is 660 g/mol. The number of hydrogen-bond donors (Lipinski definition) is 2. The van der Waals surface area contributed by atoms with Crippen molar-refractivity contribution in [2.45, 2.75) is 154 Å². The van der Waals surface area contributed by atoms with Crippen LogP contribution in [0.3, 0.4) is 0 Å². The molecule has 1 fully saturated rings. The number of rotatable bonds is 6. The van der Waals surface area contributed by atoms with Gasteiger partial charge in [0.15, 0.2) is 0 Å². The van der Waals surface area contributed by atoms with Crippen LogP contribution in [0.25, 0.3) is 0 Å². The van der Waals surface area contributed by atoms with Crippen molar-refractivity contribution in [3.05, 3.63) is 57.6 Å². The number of hydrogen-bond acceptors (Lipinski definition) is 4. The summed E-state index contributed by atoms with van der Waals surface area (Å²) in [7, 11) is 0. The molecule has 1 saturated carbocycles. The van der Waals surface area contributed by atoms with Crippen LogP contribution < -0.4 is 0 Å². The smallest absolute Gasteiger partial charge is 0.135 e. The van der Waals surface area contributed by atoms with Gasteiger partial charge in [0.25, 0.3) is 0 Å². The van der Waals surface area contributed by atoms with E-state index in [2.05, 4.69) is 131 Å². The summed E-state index contributed by atoms with van der Waals surface area (Å²) in [6, 6.07) is 8.56. The second kappa shape index (κ2) is 15.4. The molecule has 1 aliphatic rings. The molecule has 2 aromatic carbocycles. The van der Waals surface area contributed by atoms with Crippen molar-refractivity contribution in [2.75, 3.05) is 0 Å². The van der Waals surface area contributed by atoms with E-state index in [9.17, 15) is 10.2 Å². The molecule has 252 valence electrons. The second-order valence-corrected chi connectivity index (χ2v) is 19.7. The van der Waals surface area contributed by atoms with Crippen LogP contribution >= 0.6 is 23.5 Å². The van der Waals surface area contributed by atoms with E-state index in [0.29, 0.717) is 22.0 Å². The van der Waals surface area contributed by atoms with Gasteiger partial charge in [-0.25, -0.2) is 0 Å². The van der Waals surface area contributed by atoms with E-state index in [1.54, 1.807) is 0 Å². The van der Waals surface area contributed by atoms with Gasteiger partial charge in [0.05, 0.1) is 11.1 Å². The quantitative estimate of drug-likeness (QED) is 0.303. The highest BCUT2D eigenvalue weighted by Crippen LogP contribution is 2.41. The van der Waals surface area contributed by atoms with Crippen molar-refractivity contribution in [3.63, 3.8) is 0 Å². The third-order valence-electron chi connectivity index (χ3n) is 8.30. The highest BCUT2D eigenvalue weighted by atomic mass is 32.2. The van der Waals surface area contributed by atoms with Crippen LogP contribution in [0, 0.1) is 34.5 Å². The third kappa shape index (κ3) is 11.8. The summed E-state index contributed by atoms with van der Waals surface area (Å²) in [6.45, 7) is 26.0. The molecule has 2 nitrogen and oxygen atoms in total. The number of phenolic OH excluding ortho intramolecular Hbond substituents is 2. The van der Waals surface area contributed by atoms with E-state index in [-0.39, 0.29) is 21.7 Å². The zero-order valence-corrected chi connectivity index (χ0v) is 32.5. The fourth-order valence-corrected chi connectivity index (χ4v) is 8.43. The van der Waals surface area contributed by atoms with Crippen LogP contribution in [0.5, 0.6) is 11.5 Å². The van der Waals surface area contributed by atoms with Crippen molar-refractivity contribution < 1.29 is 10.2 Å². The van der Waals surface area contributed by atoms with Crippen molar-refractivity contribution in [1.82, 2.24) is 0 Å². The molecule has 2 atom stereocenters. The van der Waals surface area contributed by atoms with E-state index in [4.69, 9.17) is 0 Å². The molecule has 0 spiro atoms. The summed E-state index contributed by atoms with van der Waals surface area (Å²) < 4.78 is 0. The van der Waals surface area contributed by atoms with Crippen LogP contribution in [0.4, 0.5) is 0 Å². The molecule has 0 bridgehead atoms. The lowest BCUT2D eigenvalue weighted by atomic mass is 9.84. The molecule has 1 unspecified atom stereocenters. The average Bonchev–Trinajstić information content (AvgIpc) is 2.90. The average molecular weight is 661 g/mol. The number of benzene rings is 2. The van der Waals surface area contributed by atoms with Crippen LogP contribution in [-0.2, 0) is 22.3 Å². The van der Waals surface area contributed by atoms with Crippen LogP contribution in [-0.4, -0.2) is 20.7 Å². The standard InChI is InChI=1S/C42H60O2S2/c1-39(2,3)21-19-29-23-33(41(7,8)9)25-31(37(29)43)27-45-35-17-15-13-14-16-18-36(35)46-28-32-26-34(42(10,11)12)24-30(38(32)44)20-22-40(4,5)6/h23-26,35-36,43-44H,13-18,27-28H2,1-12H3/t35-,36?/m0/s1. The Morgan fingerprint density at radius 2 is 0.913 bits per heavy atom. The number of phenols is 2. The molecule has 2 aromatic rings. The second-order valence-electron chi connectivity index (χ2n) is 17.3. The van der Waals surface area contributed by atoms with Gasteiger partial charge in [-0.3, -0.25) is 0 Å². The number of aromatic hydroxyl groups is 2. The van der Waals surface area contributed by atoms with Crippen LogP contribution in [0.1, 0.15) is 155 Å².